The molecule has 2 aliphatic rings. The number of hydrogen-bond acceptors (Lipinski definition) is 8. The summed E-state index contributed by atoms with van der Waals surface area (Å²) < 4.78 is 1.72. The van der Waals surface area contributed by atoms with Crippen molar-refractivity contribution in [2.45, 2.75) is 29.8 Å². The topological polar surface area (TPSA) is 156 Å². The number of rotatable bonds is 8. The minimum absolute atomic E-state index is 0.0249. The second-order valence-electron chi connectivity index (χ2n) is 8.16. The molecule has 2 aliphatic heterocycles. The third kappa shape index (κ3) is 5.82. The maximum Gasteiger partial charge on any atom is 0.352 e. The Morgan fingerprint density at radius 1 is 1.35 bits per heavy atom. The third-order valence-corrected chi connectivity index (χ3v) is 8.70. The molecule has 2 unspecified atom stereocenters. The van der Waals surface area contributed by atoms with Gasteiger partial charge in [-0.2, -0.15) is 0 Å². The summed E-state index contributed by atoms with van der Waals surface area (Å²) in [5, 5.41) is 13.0. The lowest BCUT2D eigenvalue weighted by molar-refractivity contribution is -0.681. The highest BCUT2D eigenvalue weighted by Crippen LogP contribution is 2.40. The number of anilines is 2. The lowest BCUT2D eigenvalue weighted by Crippen LogP contribution is -2.70. The molecule has 1 saturated heterocycles. The first kappa shape index (κ1) is 27.1. The SMILES string of the molecule is Cc1nc(N)cc(N)[n+]1CC=CC1=C(C(=O)O)N2C(=O)C(NC(=O)CSc3cc(Cl)ccc3Cl)C2SC1. The number of aromatic nitrogens is 2. The Hall–Kier alpha value is -2.93. The van der Waals surface area contributed by atoms with E-state index in [4.69, 9.17) is 34.7 Å². The van der Waals surface area contributed by atoms with Gasteiger partial charge >= 0.3 is 5.97 Å². The second kappa shape index (κ2) is 11.2. The Bertz CT molecular complexity index is 1330. The van der Waals surface area contributed by atoms with Gasteiger partial charge in [-0.05, 0) is 23.8 Å². The molecule has 37 heavy (non-hydrogen) atoms. The summed E-state index contributed by atoms with van der Waals surface area (Å²) in [6, 6.07) is 5.68. The van der Waals surface area contributed by atoms with Crippen LogP contribution in [0.1, 0.15) is 5.82 Å². The van der Waals surface area contributed by atoms with Crippen molar-refractivity contribution < 1.29 is 24.1 Å². The van der Waals surface area contributed by atoms with Crippen LogP contribution in [0.25, 0.3) is 0 Å². The Morgan fingerprint density at radius 2 is 2.11 bits per heavy atom. The number of nitrogens with two attached hydrogens (primary N) is 2. The number of amides is 2. The van der Waals surface area contributed by atoms with Crippen molar-refractivity contribution in [1.82, 2.24) is 15.2 Å². The molecule has 2 aromatic rings. The second-order valence-corrected chi connectivity index (χ2v) is 11.1. The quantitative estimate of drug-likeness (QED) is 0.208. The molecule has 3 heterocycles. The molecule has 194 valence electrons. The summed E-state index contributed by atoms with van der Waals surface area (Å²) in [4.78, 5) is 43.5. The number of benzene rings is 1. The van der Waals surface area contributed by atoms with Crippen molar-refractivity contribution in [2.24, 2.45) is 0 Å². The molecule has 6 N–H and O–H groups in total. The molecular formula is C23H23Cl2N6O4S2+. The third-order valence-electron chi connectivity index (χ3n) is 5.66. The molecule has 0 aliphatic carbocycles. The number of hydrogen-bond donors (Lipinski definition) is 4. The number of allylic oxidation sites excluding steroid dienone is 2. The highest BCUT2D eigenvalue weighted by atomic mass is 35.5. The molecule has 1 aromatic heterocycles. The molecule has 0 bridgehead atoms. The maximum absolute atomic E-state index is 12.9. The van der Waals surface area contributed by atoms with Crippen molar-refractivity contribution in [3.8, 4) is 0 Å². The average molecular weight is 583 g/mol. The Labute approximate surface area is 231 Å². The predicted molar refractivity (Wildman–Crippen MR) is 144 cm³/mol. The van der Waals surface area contributed by atoms with Crippen molar-refractivity contribution in [3.05, 3.63) is 63.6 Å². The van der Waals surface area contributed by atoms with Gasteiger partial charge in [-0.25, -0.2) is 9.36 Å². The molecule has 0 saturated carbocycles. The molecule has 1 aromatic carbocycles. The fourth-order valence-corrected chi connectivity index (χ4v) is 6.57. The van der Waals surface area contributed by atoms with Crippen molar-refractivity contribution in [1.29, 1.82) is 0 Å². The van der Waals surface area contributed by atoms with E-state index in [9.17, 15) is 19.5 Å². The number of carbonyl (C=O) groups is 3. The van der Waals surface area contributed by atoms with Crippen molar-refractivity contribution >= 4 is 76.1 Å². The summed E-state index contributed by atoms with van der Waals surface area (Å²) in [7, 11) is 0. The van der Waals surface area contributed by atoms with E-state index < -0.39 is 23.3 Å². The van der Waals surface area contributed by atoms with E-state index in [1.54, 1.807) is 47.9 Å². The molecule has 14 heteroatoms. The number of nitrogen functional groups attached to an aromatic ring is 2. The van der Waals surface area contributed by atoms with E-state index in [1.165, 1.54) is 28.4 Å². The van der Waals surface area contributed by atoms with Crippen LogP contribution in [0.4, 0.5) is 11.6 Å². The van der Waals surface area contributed by atoms with Gasteiger partial charge in [0.05, 0.1) is 23.4 Å². The Kier molecular flexibility index (Phi) is 8.22. The molecule has 10 nitrogen and oxygen atoms in total. The van der Waals surface area contributed by atoms with Crippen LogP contribution >= 0.6 is 46.7 Å². The number of aliphatic carboxylic acids is 1. The van der Waals surface area contributed by atoms with E-state index in [1.807, 2.05) is 0 Å². The number of halogens is 2. The first-order chi connectivity index (χ1) is 17.6. The van der Waals surface area contributed by atoms with Crippen LogP contribution < -0.4 is 21.4 Å². The van der Waals surface area contributed by atoms with E-state index >= 15 is 0 Å². The maximum atomic E-state index is 12.9. The molecule has 1 fully saturated rings. The van der Waals surface area contributed by atoms with Gasteiger partial charge in [-0.15, -0.1) is 23.5 Å². The Morgan fingerprint density at radius 3 is 2.81 bits per heavy atom. The summed E-state index contributed by atoms with van der Waals surface area (Å²) >= 11 is 14.7. The summed E-state index contributed by atoms with van der Waals surface area (Å²) in [5.41, 5.74) is 12.1. The van der Waals surface area contributed by atoms with Gasteiger partial charge in [-0.3, -0.25) is 14.5 Å². The Balaban J connectivity index is 1.42. The highest BCUT2D eigenvalue weighted by Gasteiger charge is 2.53. The van der Waals surface area contributed by atoms with Crippen molar-refractivity contribution in [2.75, 3.05) is 23.0 Å². The van der Waals surface area contributed by atoms with E-state index in [0.29, 0.717) is 50.3 Å². The minimum atomic E-state index is -1.22. The lowest BCUT2D eigenvalue weighted by Gasteiger charge is -2.49. The van der Waals surface area contributed by atoms with Gasteiger partial charge in [0, 0.05) is 22.6 Å². The number of thioether (sulfide) groups is 2. The molecule has 2 amide bonds. The monoisotopic (exact) mass is 581 g/mol. The van der Waals surface area contributed by atoms with E-state index in [-0.39, 0.29) is 17.4 Å². The van der Waals surface area contributed by atoms with Crippen LogP contribution in [0.5, 0.6) is 0 Å². The van der Waals surface area contributed by atoms with Gasteiger partial charge in [0.1, 0.15) is 17.1 Å². The molecule has 0 spiro atoms. The predicted octanol–water partition coefficient (Wildman–Crippen LogP) is 2.24. The smallest absolute Gasteiger partial charge is 0.352 e. The summed E-state index contributed by atoms with van der Waals surface area (Å²) in [6.45, 7) is 2.11. The molecule has 0 radical (unpaired) electrons. The zero-order valence-electron chi connectivity index (χ0n) is 19.5. The first-order valence-electron chi connectivity index (χ1n) is 10.9. The number of nitrogens with one attached hydrogen (secondary N) is 1. The average Bonchev–Trinajstić information content (AvgIpc) is 2.83. The summed E-state index contributed by atoms with van der Waals surface area (Å²) in [5.74, 6) is -0.336. The zero-order chi connectivity index (χ0) is 26.9. The minimum Gasteiger partial charge on any atom is -0.477 e. The lowest BCUT2D eigenvalue weighted by atomic mass is 10.0. The zero-order valence-corrected chi connectivity index (χ0v) is 22.6. The number of carbonyl (C=O) groups excluding carboxylic acids is 2. The fraction of sp³-hybridized carbons (Fsp3) is 0.261. The first-order valence-corrected chi connectivity index (χ1v) is 13.7. The van der Waals surface area contributed by atoms with E-state index in [0.717, 1.165) is 0 Å². The number of carboxylic acid groups (broad SMARTS) is 1. The van der Waals surface area contributed by atoms with E-state index in [2.05, 4.69) is 10.3 Å². The van der Waals surface area contributed by atoms with Gasteiger partial charge in [0.15, 0.2) is 0 Å². The number of nitrogens with zero attached hydrogens (tertiary/aromatic N) is 3. The summed E-state index contributed by atoms with van der Waals surface area (Å²) in [6.07, 6.45) is 3.42. The van der Waals surface area contributed by atoms with Gasteiger partial charge < -0.3 is 21.9 Å². The van der Waals surface area contributed by atoms with Crippen LogP contribution in [-0.2, 0) is 20.9 Å². The fourth-order valence-electron chi connectivity index (χ4n) is 3.95. The number of fused-ring (bicyclic) bond motifs is 1. The molecular weight excluding hydrogens is 559 g/mol. The van der Waals surface area contributed by atoms with Crippen LogP contribution in [0.2, 0.25) is 10.0 Å². The molecule has 2 atom stereocenters. The van der Waals surface area contributed by atoms with Crippen LogP contribution in [-0.4, -0.2) is 55.7 Å². The number of β-lactam (4-membered cyclic amide) rings is 1. The van der Waals surface area contributed by atoms with Gasteiger partial charge in [0.25, 0.3) is 5.91 Å². The van der Waals surface area contributed by atoms with Crippen molar-refractivity contribution in [3.63, 3.8) is 0 Å². The largest absolute Gasteiger partial charge is 0.477 e. The van der Waals surface area contributed by atoms with Crippen LogP contribution in [0, 0.1) is 6.92 Å². The van der Waals surface area contributed by atoms with Gasteiger partial charge in [-0.1, -0.05) is 40.3 Å². The number of carboxylic acids is 1. The normalized spacial score (nSPS) is 19.1. The van der Waals surface area contributed by atoms with Crippen LogP contribution in [0.3, 0.4) is 0 Å². The van der Waals surface area contributed by atoms with Crippen LogP contribution in [0.15, 0.2) is 52.6 Å². The standard InChI is InChI=1S/C23H22Cl2N6O4S2/c1-11-28-16(26)8-17(27)30(11)6-2-3-12-9-37-22-19(21(33)31(22)20(12)23(34)35)29-18(32)10-36-15-7-13(24)4-5-14(15)25/h2-5,7-8,19,22H,6,9-10H2,1H3,(H5,26,27,29,32,34,35)/p+1. The highest BCUT2D eigenvalue weighted by molar-refractivity contribution is 8.00. The molecule has 4 rings (SSSR count). The number of aryl methyl sites for hydroxylation is 1. The van der Waals surface area contributed by atoms with Gasteiger partial charge in [0.2, 0.25) is 23.4 Å².